The summed E-state index contributed by atoms with van der Waals surface area (Å²) < 4.78 is 0. The van der Waals surface area contributed by atoms with Crippen LogP contribution in [0, 0.1) is 0 Å². The average molecular weight is 235 g/mol. The van der Waals surface area contributed by atoms with Crippen molar-refractivity contribution in [2.75, 3.05) is 24.1 Å². The Morgan fingerprint density at radius 2 is 2.12 bits per heavy atom. The quantitative estimate of drug-likeness (QED) is 0.672. The summed E-state index contributed by atoms with van der Waals surface area (Å²) >= 11 is 0. The molecule has 2 rings (SSSR count). The minimum atomic E-state index is 0.372. The number of anilines is 2. The van der Waals surface area contributed by atoms with Gasteiger partial charge in [-0.15, -0.1) is 0 Å². The van der Waals surface area contributed by atoms with Crippen LogP contribution in [0.15, 0.2) is 6.20 Å². The van der Waals surface area contributed by atoms with Gasteiger partial charge in [0, 0.05) is 12.5 Å². The van der Waals surface area contributed by atoms with E-state index < -0.39 is 0 Å². The molecule has 0 aliphatic heterocycles. The van der Waals surface area contributed by atoms with Gasteiger partial charge in [0.25, 0.3) is 0 Å². The minimum Gasteiger partial charge on any atom is -0.382 e. The number of nitrogen functional groups attached to an aromatic ring is 1. The van der Waals surface area contributed by atoms with Crippen LogP contribution in [0.5, 0.6) is 0 Å². The monoisotopic (exact) mass is 235 g/mol. The Balaban J connectivity index is 2.12. The smallest absolute Gasteiger partial charge is 0.220 e. The van der Waals surface area contributed by atoms with Crippen LogP contribution in [-0.4, -0.2) is 23.1 Å². The van der Waals surface area contributed by atoms with Crippen molar-refractivity contribution in [2.45, 2.75) is 38.0 Å². The average Bonchev–Trinajstić information content (AvgIpc) is 2.85. The first-order chi connectivity index (χ1) is 8.31. The van der Waals surface area contributed by atoms with Gasteiger partial charge in [-0.3, -0.25) is 0 Å². The van der Waals surface area contributed by atoms with Crippen LogP contribution in [0.25, 0.3) is 0 Å². The molecule has 0 aromatic carbocycles. The summed E-state index contributed by atoms with van der Waals surface area (Å²) in [5, 5.41) is 3.36. The van der Waals surface area contributed by atoms with Gasteiger partial charge in [0.1, 0.15) is 0 Å². The molecule has 1 aliphatic rings. The lowest BCUT2D eigenvalue weighted by Gasteiger charge is -2.15. The number of nitrogens with one attached hydrogen (secondary N) is 1. The molecule has 5 heteroatoms. The zero-order valence-electron chi connectivity index (χ0n) is 10.2. The highest BCUT2D eigenvalue weighted by atomic mass is 15.0. The molecule has 1 aromatic heterocycles. The van der Waals surface area contributed by atoms with E-state index in [9.17, 15) is 0 Å². The number of aromatic nitrogens is 2. The molecular formula is C12H21N5. The maximum Gasteiger partial charge on any atom is 0.220 e. The summed E-state index contributed by atoms with van der Waals surface area (Å²) in [6.07, 6.45) is 7.75. The van der Waals surface area contributed by atoms with E-state index in [1.807, 2.05) is 0 Å². The van der Waals surface area contributed by atoms with Crippen molar-refractivity contribution < 1.29 is 0 Å². The van der Waals surface area contributed by atoms with Crippen LogP contribution in [0.3, 0.4) is 0 Å². The normalized spacial score (nSPS) is 16.3. The molecule has 0 radical (unpaired) electrons. The molecule has 1 heterocycles. The molecular weight excluding hydrogens is 214 g/mol. The molecule has 0 unspecified atom stereocenters. The van der Waals surface area contributed by atoms with Crippen molar-refractivity contribution in [1.29, 1.82) is 0 Å². The second kappa shape index (κ2) is 5.82. The van der Waals surface area contributed by atoms with Crippen molar-refractivity contribution in [3.05, 3.63) is 11.9 Å². The van der Waals surface area contributed by atoms with E-state index >= 15 is 0 Å². The van der Waals surface area contributed by atoms with Gasteiger partial charge in [0.2, 0.25) is 5.95 Å². The van der Waals surface area contributed by atoms with Gasteiger partial charge in [-0.1, -0.05) is 12.8 Å². The fourth-order valence-electron chi connectivity index (χ4n) is 2.38. The molecule has 5 N–H and O–H groups in total. The molecule has 0 saturated heterocycles. The highest BCUT2D eigenvalue weighted by Crippen LogP contribution is 2.36. The van der Waals surface area contributed by atoms with E-state index in [0.717, 1.165) is 24.3 Å². The molecule has 0 amide bonds. The standard InChI is InChI=1S/C12H21N5/c13-6-3-7-15-10-8-16-12(14)17-11(10)9-4-1-2-5-9/h8-9,15H,1-7,13H2,(H2,14,16,17). The van der Waals surface area contributed by atoms with E-state index in [2.05, 4.69) is 15.3 Å². The molecule has 0 spiro atoms. The lowest BCUT2D eigenvalue weighted by atomic mass is 10.0. The summed E-state index contributed by atoms with van der Waals surface area (Å²) in [7, 11) is 0. The first-order valence-corrected chi connectivity index (χ1v) is 6.37. The Morgan fingerprint density at radius 3 is 2.82 bits per heavy atom. The molecule has 1 fully saturated rings. The summed E-state index contributed by atoms with van der Waals surface area (Å²) in [5.74, 6) is 0.914. The van der Waals surface area contributed by atoms with Crippen molar-refractivity contribution in [1.82, 2.24) is 9.97 Å². The molecule has 0 bridgehead atoms. The van der Waals surface area contributed by atoms with Crippen LogP contribution in [0.2, 0.25) is 0 Å². The van der Waals surface area contributed by atoms with Crippen molar-refractivity contribution in [3.8, 4) is 0 Å². The van der Waals surface area contributed by atoms with Gasteiger partial charge < -0.3 is 16.8 Å². The van der Waals surface area contributed by atoms with E-state index in [1.165, 1.54) is 25.7 Å². The zero-order valence-corrected chi connectivity index (χ0v) is 10.2. The Labute approximate surface area is 102 Å². The largest absolute Gasteiger partial charge is 0.382 e. The molecule has 0 atom stereocenters. The SMILES string of the molecule is NCCCNc1cnc(N)nc1C1CCCC1. The van der Waals surface area contributed by atoms with E-state index in [4.69, 9.17) is 11.5 Å². The lowest BCUT2D eigenvalue weighted by molar-refractivity contribution is 0.696. The summed E-state index contributed by atoms with van der Waals surface area (Å²) in [4.78, 5) is 8.47. The maximum atomic E-state index is 5.68. The number of nitrogens with zero attached hydrogens (tertiary/aromatic N) is 2. The molecule has 1 aliphatic carbocycles. The van der Waals surface area contributed by atoms with E-state index in [1.54, 1.807) is 6.20 Å². The highest BCUT2D eigenvalue weighted by Gasteiger charge is 2.21. The summed E-state index contributed by atoms with van der Waals surface area (Å²) in [5.41, 5.74) is 13.3. The van der Waals surface area contributed by atoms with Crippen LogP contribution in [0.4, 0.5) is 11.6 Å². The Kier molecular flexibility index (Phi) is 4.14. The van der Waals surface area contributed by atoms with Gasteiger partial charge in [-0.25, -0.2) is 9.97 Å². The predicted octanol–water partition coefficient (Wildman–Crippen LogP) is 1.48. The third-order valence-corrected chi connectivity index (χ3v) is 3.28. The second-order valence-electron chi connectivity index (χ2n) is 4.58. The molecule has 5 nitrogen and oxygen atoms in total. The highest BCUT2D eigenvalue weighted by molar-refractivity contribution is 5.49. The third-order valence-electron chi connectivity index (χ3n) is 3.28. The molecule has 17 heavy (non-hydrogen) atoms. The van der Waals surface area contributed by atoms with Crippen LogP contribution in [-0.2, 0) is 0 Å². The summed E-state index contributed by atoms with van der Waals surface area (Å²) in [6.45, 7) is 1.56. The van der Waals surface area contributed by atoms with Crippen LogP contribution < -0.4 is 16.8 Å². The van der Waals surface area contributed by atoms with Gasteiger partial charge in [-0.2, -0.15) is 0 Å². The van der Waals surface area contributed by atoms with Crippen LogP contribution >= 0.6 is 0 Å². The van der Waals surface area contributed by atoms with Gasteiger partial charge in [0.05, 0.1) is 17.6 Å². The van der Waals surface area contributed by atoms with Crippen molar-refractivity contribution in [3.63, 3.8) is 0 Å². The van der Waals surface area contributed by atoms with Crippen molar-refractivity contribution in [2.24, 2.45) is 5.73 Å². The Hall–Kier alpha value is -1.36. The molecule has 94 valence electrons. The van der Waals surface area contributed by atoms with Gasteiger partial charge in [0.15, 0.2) is 0 Å². The second-order valence-corrected chi connectivity index (χ2v) is 4.58. The fraction of sp³-hybridized carbons (Fsp3) is 0.667. The first kappa shape index (κ1) is 12.1. The number of hydrogen-bond donors (Lipinski definition) is 3. The summed E-state index contributed by atoms with van der Waals surface area (Å²) in [6, 6.07) is 0. The molecule has 1 aromatic rings. The number of nitrogens with two attached hydrogens (primary N) is 2. The predicted molar refractivity (Wildman–Crippen MR) is 69.8 cm³/mol. The Morgan fingerprint density at radius 1 is 1.35 bits per heavy atom. The fourth-order valence-corrected chi connectivity index (χ4v) is 2.38. The first-order valence-electron chi connectivity index (χ1n) is 6.37. The Bertz CT molecular complexity index is 360. The van der Waals surface area contributed by atoms with Gasteiger partial charge in [-0.05, 0) is 25.8 Å². The number of hydrogen-bond acceptors (Lipinski definition) is 5. The van der Waals surface area contributed by atoms with E-state index in [-0.39, 0.29) is 0 Å². The maximum absolute atomic E-state index is 5.68. The number of rotatable bonds is 5. The topological polar surface area (TPSA) is 89.8 Å². The van der Waals surface area contributed by atoms with Gasteiger partial charge >= 0.3 is 0 Å². The minimum absolute atomic E-state index is 0.372. The van der Waals surface area contributed by atoms with Crippen LogP contribution in [0.1, 0.15) is 43.7 Å². The molecule has 1 saturated carbocycles. The third kappa shape index (κ3) is 3.06. The zero-order chi connectivity index (χ0) is 12.1. The van der Waals surface area contributed by atoms with E-state index in [0.29, 0.717) is 18.4 Å². The van der Waals surface area contributed by atoms with Crippen molar-refractivity contribution >= 4 is 11.6 Å². The lowest BCUT2D eigenvalue weighted by Crippen LogP contribution is -2.12.